The third-order valence-electron chi connectivity index (χ3n) is 1.99. The zero-order valence-corrected chi connectivity index (χ0v) is 6.83. The van der Waals surface area contributed by atoms with Gasteiger partial charge in [0.05, 0.1) is 0 Å². The van der Waals surface area contributed by atoms with E-state index in [0.717, 1.165) is 16.7 Å². The predicted molar refractivity (Wildman–Crippen MR) is 39.8 cm³/mol. The lowest BCUT2D eigenvalue weighted by Gasteiger charge is -1.92. The van der Waals surface area contributed by atoms with Gasteiger partial charge in [0, 0.05) is 4.83 Å². The van der Waals surface area contributed by atoms with Gasteiger partial charge in [0.15, 0.2) is 0 Å². The van der Waals surface area contributed by atoms with E-state index in [1.807, 2.05) is 0 Å². The summed E-state index contributed by atoms with van der Waals surface area (Å²) in [5.41, 5.74) is 0. The van der Waals surface area contributed by atoms with Crippen LogP contribution in [0.1, 0.15) is 0 Å². The molecule has 1 N–H and O–H groups in total. The summed E-state index contributed by atoms with van der Waals surface area (Å²) in [7, 11) is 0. The van der Waals surface area contributed by atoms with Crippen LogP contribution in [0.5, 0.6) is 0 Å². The maximum atomic E-state index is 3.59. The molecule has 3 heteroatoms. The molecule has 0 aromatic rings. The van der Waals surface area contributed by atoms with E-state index < -0.39 is 0 Å². The standard InChI is InChI=1S/C5H8BrN.ClH/c6-5-3-1-7-2-4(3)5;/h3-5,7H,1-2H2;1H/t3-,4+,5?;. The summed E-state index contributed by atoms with van der Waals surface area (Å²) in [6.45, 7) is 2.50. The molecule has 2 aliphatic rings. The number of alkyl halides is 1. The van der Waals surface area contributed by atoms with Crippen molar-refractivity contribution in [3.05, 3.63) is 0 Å². The predicted octanol–water partition coefficient (Wildman–Crippen LogP) is 1.02. The highest BCUT2D eigenvalue weighted by molar-refractivity contribution is 9.09. The average molecular weight is 198 g/mol. The molecule has 0 aromatic heterocycles. The van der Waals surface area contributed by atoms with Gasteiger partial charge in [-0.3, -0.25) is 0 Å². The fraction of sp³-hybridized carbons (Fsp3) is 1.00. The highest BCUT2D eigenvalue weighted by Crippen LogP contribution is 2.47. The van der Waals surface area contributed by atoms with Crippen LogP contribution in [0, 0.1) is 11.8 Å². The summed E-state index contributed by atoms with van der Waals surface area (Å²) < 4.78 is 0. The number of halogens is 2. The van der Waals surface area contributed by atoms with E-state index >= 15 is 0 Å². The Hall–Kier alpha value is 0.730. The largest absolute Gasteiger partial charge is 0.316 e. The Bertz CT molecular complexity index is 88.4. The van der Waals surface area contributed by atoms with Gasteiger partial charge in [-0.05, 0) is 24.9 Å². The third kappa shape index (κ3) is 0.789. The lowest BCUT2D eigenvalue weighted by Crippen LogP contribution is -2.14. The van der Waals surface area contributed by atoms with Crippen LogP contribution in [-0.2, 0) is 0 Å². The van der Waals surface area contributed by atoms with E-state index in [2.05, 4.69) is 21.2 Å². The van der Waals surface area contributed by atoms with Gasteiger partial charge < -0.3 is 5.32 Å². The molecule has 1 unspecified atom stereocenters. The van der Waals surface area contributed by atoms with Crippen LogP contribution < -0.4 is 5.32 Å². The Morgan fingerprint density at radius 1 is 1.25 bits per heavy atom. The zero-order valence-electron chi connectivity index (χ0n) is 4.43. The van der Waals surface area contributed by atoms with Gasteiger partial charge in [0.1, 0.15) is 0 Å². The fourth-order valence-electron chi connectivity index (χ4n) is 1.34. The number of piperidine rings is 1. The first kappa shape index (κ1) is 6.84. The van der Waals surface area contributed by atoms with E-state index in [4.69, 9.17) is 0 Å². The molecule has 1 aliphatic carbocycles. The first-order valence-corrected chi connectivity index (χ1v) is 3.66. The summed E-state index contributed by atoms with van der Waals surface area (Å²) in [5, 5.41) is 3.32. The van der Waals surface area contributed by atoms with Crippen LogP contribution in [0.3, 0.4) is 0 Å². The number of rotatable bonds is 0. The third-order valence-corrected chi connectivity index (χ3v) is 3.35. The molecule has 0 bridgehead atoms. The summed E-state index contributed by atoms with van der Waals surface area (Å²) in [5.74, 6) is 1.97. The molecule has 2 fully saturated rings. The van der Waals surface area contributed by atoms with Crippen molar-refractivity contribution in [3.63, 3.8) is 0 Å². The van der Waals surface area contributed by atoms with Crippen molar-refractivity contribution in [2.45, 2.75) is 4.83 Å². The van der Waals surface area contributed by atoms with Gasteiger partial charge in [-0.15, -0.1) is 12.4 Å². The molecule has 1 saturated heterocycles. The van der Waals surface area contributed by atoms with Crippen LogP contribution in [0.2, 0.25) is 0 Å². The van der Waals surface area contributed by atoms with E-state index in [9.17, 15) is 0 Å². The Morgan fingerprint density at radius 2 is 1.75 bits per heavy atom. The molecule has 1 nitrogen and oxygen atoms in total. The molecule has 2 rings (SSSR count). The minimum Gasteiger partial charge on any atom is -0.316 e. The SMILES string of the molecule is BrC1[C@H]2CNC[C@@H]12.Cl. The van der Waals surface area contributed by atoms with Gasteiger partial charge in [0.2, 0.25) is 0 Å². The van der Waals surface area contributed by atoms with Crippen molar-refractivity contribution in [2.75, 3.05) is 13.1 Å². The maximum absolute atomic E-state index is 3.59. The molecular weight excluding hydrogens is 189 g/mol. The topological polar surface area (TPSA) is 12.0 Å². The lowest BCUT2D eigenvalue weighted by molar-refractivity contribution is 0.741. The minimum absolute atomic E-state index is 0. The first-order valence-electron chi connectivity index (χ1n) is 2.74. The van der Waals surface area contributed by atoms with E-state index in [0.29, 0.717) is 0 Å². The fourth-order valence-corrected chi connectivity index (χ4v) is 2.32. The summed E-state index contributed by atoms with van der Waals surface area (Å²) in [6.07, 6.45) is 0. The van der Waals surface area contributed by atoms with Crippen molar-refractivity contribution < 1.29 is 0 Å². The highest BCUT2D eigenvalue weighted by atomic mass is 79.9. The van der Waals surface area contributed by atoms with Crippen molar-refractivity contribution >= 4 is 28.3 Å². The van der Waals surface area contributed by atoms with Gasteiger partial charge in [-0.2, -0.15) is 0 Å². The molecule has 0 radical (unpaired) electrons. The van der Waals surface area contributed by atoms with Crippen LogP contribution in [0.15, 0.2) is 0 Å². The average Bonchev–Trinajstić information content (AvgIpc) is 2.26. The second kappa shape index (κ2) is 2.16. The minimum atomic E-state index is 0. The van der Waals surface area contributed by atoms with E-state index in [1.165, 1.54) is 13.1 Å². The number of hydrogen-bond acceptors (Lipinski definition) is 1. The first-order chi connectivity index (χ1) is 3.39. The van der Waals surface area contributed by atoms with Crippen LogP contribution in [0.4, 0.5) is 0 Å². The van der Waals surface area contributed by atoms with Gasteiger partial charge in [-0.25, -0.2) is 0 Å². The number of fused-ring (bicyclic) bond motifs is 1. The molecule has 3 atom stereocenters. The van der Waals surface area contributed by atoms with Crippen molar-refractivity contribution in [1.29, 1.82) is 0 Å². The zero-order chi connectivity index (χ0) is 4.85. The smallest absolute Gasteiger partial charge is 0.0233 e. The molecule has 1 heterocycles. The van der Waals surface area contributed by atoms with E-state index in [1.54, 1.807) is 0 Å². The summed E-state index contributed by atoms with van der Waals surface area (Å²) in [6, 6.07) is 0. The van der Waals surface area contributed by atoms with E-state index in [-0.39, 0.29) is 12.4 Å². The molecular formula is C5H9BrClN. The highest BCUT2D eigenvalue weighted by Gasteiger charge is 2.50. The van der Waals surface area contributed by atoms with Gasteiger partial charge >= 0.3 is 0 Å². The second-order valence-electron chi connectivity index (χ2n) is 2.43. The molecule has 0 amide bonds. The second-order valence-corrected chi connectivity index (χ2v) is 3.49. The molecule has 1 aliphatic heterocycles. The molecule has 0 spiro atoms. The summed E-state index contributed by atoms with van der Waals surface area (Å²) >= 11 is 3.59. The quantitative estimate of drug-likeness (QED) is 0.573. The molecule has 1 saturated carbocycles. The lowest BCUT2D eigenvalue weighted by atomic mass is 10.4. The van der Waals surface area contributed by atoms with Crippen molar-refractivity contribution in [3.8, 4) is 0 Å². The monoisotopic (exact) mass is 197 g/mol. The Balaban J connectivity index is 0.000000320. The number of hydrogen-bond donors (Lipinski definition) is 1. The molecule has 48 valence electrons. The summed E-state index contributed by atoms with van der Waals surface area (Å²) in [4.78, 5) is 0.869. The normalized spacial score (nSPS) is 49.9. The maximum Gasteiger partial charge on any atom is 0.0233 e. The van der Waals surface area contributed by atoms with Crippen LogP contribution in [0.25, 0.3) is 0 Å². The Kier molecular flexibility index (Phi) is 1.85. The Morgan fingerprint density at radius 3 is 2.00 bits per heavy atom. The molecule has 0 aromatic carbocycles. The number of nitrogens with one attached hydrogen (secondary N) is 1. The van der Waals surface area contributed by atoms with Crippen LogP contribution in [-0.4, -0.2) is 17.9 Å². The van der Waals surface area contributed by atoms with Gasteiger partial charge in [-0.1, -0.05) is 15.9 Å². The van der Waals surface area contributed by atoms with Gasteiger partial charge in [0.25, 0.3) is 0 Å². The molecule has 8 heavy (non-hydrogen) atoms. The van der Waals surface area contributed by atoms with Crippen LogP contribution >= 0.6 is 28.3 Å². The Labute approximate surface area is 63.8 Å². The van der Waals surface area contributed by atoms with Crippen molar-refractivity contribution in [2.24, 2.45) is 11.8 Å². The van der Waals surface area contributed by atoms with Crippen molar-refractivity contribution in [1.82, 2.24) is 5.32 Å².